The fourth-order valence-corrected chi connectivity index (χ4v) is 2.68. The average Bonchev–Trinajstić information content (AvgIpc) is 2.87. The van der Waals surface area contributed by atoms with Crippen molar-refractivity contribution in [3.05, 3.63) is 0 Å². The third-order valence-electron chi connectivity index (χ3n) is 4.31. The average molecular weight is 210 g/mol. The van der Waals surface area contributed by atoms with Crippen LogP contribution in [0, 0.1) is 11.3 Å². The van der Waals surface area contributed by atoms with Crippen molar-refractivity contribution in [3.63, 3.8) is 0 Å². The Bertz CT molecular complexity index is 266. The van der Waals surface area contributed by atoms with E-state index in [-0.39, 0.29) is 17.4 Å². The van der Waals surface area contributed by atoms with Gasteiger partial charge in [0.15, 0.2) is 0 Å². The molecule has 0 aromatic heterocycles. The van der Waals surface area contributed by atoms with Gasteiger partial charge in [-0.05, 0) is 32.1 Å². The Labute approximate surface area is 91.8 Å². The maximum atomic E-state index is 12.1. The third kappa shape index (κ3) is 1.89. The van der Waals surface area contributed by atoms with Crippen molar-refractivity contribution in [2.45, 2.75) is 58.0 Å². The minimum atomic E-state index is -0.305. The van der Waals surface area contributed by atoms with E-state index in [0.29, 0.717) is 6.04 Å². The molecule has 1 amide bonds. The van der Waals surface area contributed by atoms with Crippen LogP contribution in [0.3, 0.4) is 0 Å². The summed E-state index contributed by atoms with van der Waals surface area (Å²) in [6, 6.07) is 0.489. The molecule has 2 aliphatic carbocycles. The van der Waals surface area contributed by atoms with Gasteiger partial charge >= 0.3 is 0 Å². The standard InChI is InChI=1S/C12H22N2O/c1-3-8-7-9(8)14-11(15)12(2)6-4-5-10(12)13/h8-10H,3-7,13H2,1-2H3,(H,14,15). The predicted molar refractivity (Wildman–Crippen MR) is 60.3 cm³/mol. The lowest BCUT2D eigenvalue weighted by Gasteiger charge is -2.27. The second-order valence-corrected chi connectivity index (χ2v) is 5.40. The molecular formula is C12H22N2O. The molecule has 3 nitrogen and oxygen atoms in total. The summed E-state index contributed by atoms with van der Waals surface area (Å²) in [4.78, 5) is 12.1. The van der Waals surface area contributed by atoms with Crippen LogP contribution >= 0.6 is 0 Å². The van der Waals surface area contributed by atoms with Gasteiger partial charge in [0.05, 0.1) is 5.41 Å². The molecule has 86 valence electrons. The molecule has 0 saturated heterocycles. The number of hydrogen-bond acceptors (Lipinski definition) is 2. The highest BCUT2D eigenvalue weighted by molar-refractivity contribution is 5.84. The topological polar surface area (TPSA) is 55.1 Å². The van der Waals surface area contributed by atoms with Gasteiger partial charge in [-0.15, -0.1) is 0 Å². The second-order valence-electron chi connectivity index (χ2n) is 5.40. The highest BCUT2D eigenvalue weighted by atomic mass is 16.2. The summed E-state index contributed by atoms with van der Waals surface area (Å²) in [6.07, 6.45) is 5.36. The van der Waals surface area contributed by atoms with E-state index in [2.05, 4.69) is 12.2 Å². The lowest BCUT2D eigenvalue weighted by Crippen LogP contribution is -2.48. The fourth-order valence-electron chi connectivity index (χ4n) is 2.68. The van der Waals surface area contributed by atoms with Crippen LogP contribution in [-0.4, -0.2) is 18.0 Å². The van der Waals surface area contributed by atoms with E-state index in [0.717, 1.165) is 31.6 Å². The molecule has 15 heavy (non-hydrogen) atoms. The quantitative estimate of drug-likeness (QED) is 0.740. The summed E-state index contributed by atoms with van der Waals surface area (Å²) >= 11 is 0. The van der Waals surface area contributed by atoms with Crippen molar-refractivity contribution < 1.29 is 4.79 Å². The second kappa shape index (κ2) is 3.78. The summed E-state index contributed by atoms with van der Waals surface area (Å²) in [7, 11) is 0. The summed E-state index contributed by atoms with van der Waals surface area (Å²) in [5, 5.41) is 3.15. The van der Waals surface area contributed by atoms with Crippen LogP contribution < -0.4 is 11.1 Å². The van der Waals surface area contributed by atoms with Crippen molar-refractivity contribution in [2.24, 2.45) is 17.1 Å². The molecule has 0 spiro atoms. The Hall–Kier alpha value is -0.570. The van der Waals surface area contributed by atoms with Crippen molar-refractivity contribution in [1.82, 2.24) is 5.32 Å². The third-order valence-corrected chi connectivity index (χ3v) is 4.31. The van der Waals surface area contributed by atoms with Gasteiger partial charge in [-0.25, -0.2) is 0 Å². The number of carbonyl (C=O) groups excluding carboxylic acids is 1. The predicted octanol–water partition coefficient (Wildman–Crippen LogP) is 1.42. The molecule has 3 heteroatoms. The zero-order valence-corrected chi connectivity index (χ0v) is 9.75. The molecule has 0 heterocycles. The highest BCUT2D eigenvalue weighted by Crippen LogP contribution is 2.39. The van der Waals surface area contributed by atoms with E-state index >= 15 is 0 Å². The first-order valence-electron chi connectivity index (χ1n) is 6.14. The summed E-state index contributed by atoms with van der Waals surface area (Å²) in [5.74, 6) is 0.906. The van der Waals surface area contributed by atoms with Gasteiger partial charge in [-0.3, -0.25) is 4.79 Å². The molecule has 3 N–H and O–H groups in total. The van der Waals surface area contributed by atoms with Gasteiger partial charge < -0.3 is 11.1 Å². The van der Waals surface area contributed by atoms with Gasteiger partial charge in [-0.2, -0.15) is 0 Å². The number of nitrogens with one attached hydrogen (secondary N) is 1. The maximum absolute atomic E-state index is 12.1. The summed E-state index contributed by atoms with van der Waals surface area (Å²) in [5.41, 5.74) is 5.71. The molecule has 2 aliphatic rings. The first-order chi connectivity index (χ1) is 7.08. The van der Waals surface area contributed by atoms with Crippen molar-refractivity contribution >= 4 is 5.91 Å². The normalized spacial score (nSPS) is 44.1. The zero-order valence-electron chi connectivity index (χ0n) is 9.75. The molecule has 0 aromatic rings. The number of hydrogen-bond donors (Lipinski definition) is 2. The van der Waals surface area contributed by atoms with Gasteiger partial charge in [0.2, 0.25) is 5.91 Å². The van der Waals surface area contributed by atoms with Gasteiger partial charge in [-0.1, -0.05) is 19.8 Å². The molecule has 4 atom stereocenters. The minimum absolute atomic E-state index is 0.0522. The summed E-state index contributed by atoms with van der Waals surface area (Å²) in [6.45, 7) is 4.20. The molecule has 0 bridgehead atoms. The Morgan fingerprint density at radius 2 is 2.33 bits per heavy atom. The Morgan fingerprint density at radius 1 is 1.60 bits per heavy atom. The number of carbonyl (C=O) groups is 1. The molecule has 0 aromatic carbocycles. The van der Waals surface area contributed by atoms with E-state index in [9.17, 15) is 4.79 Å². The van der Waals surface area contributed by atoms with Gasteiger partial charge in [0.1, 0.15) is 0 Å². The molecule has 2 rings (SSSR count). The Balaban J connectivity index is 1.90. The smallest absolute Gasteiger partial charge is 0.227 e. The van der Waals surface area contributed by atoms with Crippen molar-refractivity contribution in [3.8, 4) is 0 Å². The highest BCUT2D eigenvalue weighted by Gasteiger charge is 2.46. The van der Waals surface area contributed by atoms with Crippen LogP contribution in [-0.2, 0) is 4.79 Å². The molecule has 0 aliphatic heterocycles. The van der Waals surface area contributed by atoms with E-state index in [4.69, 9.17) is 5.73 Å². The number of nitrogens with two attached hydrogens (primary N) is 1. The largest absolute Gasteiger partial charge is 0.353 e. The van der Waals surface area contributed by atoms with E-state index in [1.54, 1.807) is 0 Å². The Morgan fingerprint density at radius 3 is 2.80 bits per heavy atom. The maximum Gasteiger partial charge on any atom is 0.227 e. The monoisotopic (exact) mass is 210 g/mol. The molecule has 4 unspecified atom stereocenters. The first-order valence-corrected chi connectivity index (χ1v) is 6.14. The van der Waals surface area contributed by atoms with Crippen LogP contribution in [0.1, 0.15) is 46.0 Å². The van der Waals surface area contributed by atoms with E-state index < -0.39 is 0 Å². The fraction of sp³-hybridized carbons (Fsp3) is 0.917. The summed E-state index contributed by atoms with van der Waals surface area (Å²) < 4.78 is 0. The van der Waals surface area contributed by atoms with E-state index in [1.165, 1.54) is 6.42 Å². The zero-order chi connectivity index (χ0) is 11.1. The first kappa shape index (κ1) is 10.9. The number of rotatable bonds is 3. The molecule has 0 radical (unpaired) electrons. The van der Waals surface area contributed by atoms with Crippen LogP contribution in [0.4, 0.5) is 0 Å². The van der Waals surface area contributed by atoms with Gasteiger partial charge in [0, 0.05) is 12.1 Å². The molecule has 2 fully saturated rings. The van der Waals surface area contributed by atoms with Crippen LogP contribution in [0.5, 0.6) is 0 Å². The number of amides is 1. The van der Waals surface area contributed by atoms with E-state index in [1.807, 2.05) is 6.92 Å². The Kier molecular flexibility index (Phi) is 2.75. The lowest BCUT2D eigenvalue weighted by molar-refractivity contribution is -0.130. The lowest BCUT2D eigenvalue weighted by atomic mass is 9.84. The van der Waals surface area contributed by atoms with Crippen molar-refractivity contribution in [1.29, 1.82) is 0 Å². The van der Waals surface area contributed by atoms with Crippen LogP contribution in [0.25, 0.3) is 0 Å². The SMILES string of the molecule is CCC1CC1NC(=O)C1(C)CCCC1N. The van der Waals surface area contributed by atoms with Crippen molar-refractivity contribution in [2.75, 3.05) is 0 Å². The molecular weight excluding hydrogens is 188 g/mol. The minimum Gasteiger partial charge on any atom is -0.353 e. The van der Waals surface area contributed by atoms with Gasteiger partial charge in [0.25, 0.3) is 0 Å². The van der Waals surface area contributed by atoms with Crippen LogP contribution in [0.2, 0.25) is 0 Å². The van der Waals surface area contributed by atoms with Crippen LogP contribution in [0.15, 0.2) is 0 Å². The molecule has 2 saturated carbocycles.